The first kappa shape index (κ1) is 23.1. The summed E-state index contributed by atoms with van der Waals surface area (Å²) < 4.78 is 2.09. The number of aliphatic imine (C=N–C) groups is 1. The summed E-state index contributed by atoms with van der Waals surface area (Å²) in [5.41, 5.74) is 1.49. The molecule has 0 aromatic carbocycles. The summed E-state index contributed by atoms with van der Waals surface area (Å²) in [6, 6.07) is 2.70. The summed E-state index contributed by atoms with van der Waals surface area (Å²) in [5, 5.41) is 17.1. The smallest absolute Gasteiger partial charge is 0.191 e. The molecule has 2 N–H and O–H groups in total. The Morgan fingerprint density at radius 2 is 2.21 bits per heavy atom. The van der Waals surface area contributed by atoms with Gasteiger partial charge in [0.15, 0.2) is 5.96 Å². The first-order valence-corrected chi connectivity index (χ1v) is 10.8. The summed E-state index contributed by atoms with van der Waals surface area (Å²) in [6.07, 6.45) is 3.85. The standard InChI is InChI=1S/C19H31N7S.HI/c1-4-18-24-23-14-26(18)10-8-21-19(20-5-2)22-12-15(3)25-9-6-17-16(13-25)7-11-27-17;/h7,11,14-15H,4-6,8-10,12-13H2,1-3H3,(H2,20,21,22);1H. The van der Waals surface area contributed by atoms with Gasteiger partial charge in [0, 0.05) is 50.1 Å². The molecule has 9 heteroatoms. The lowest BCUT2D eigenvalue weighted by Gasteiger charge is -2.31. The van der Waals surface area contributed by atoms with Crippen LogP contribution in [0.2, 0.25) is 0 Å². The fraction of sp³-hybridized carbons (Fsp3) is 0.632. The molecule has 2 aromatic rings. The number of aromatic nitrogens is 3. The van der Waals surface area contributed by atoms with E-state index in [0.29, 0.717) is 6.04 Å². The van der Waals surface area contributed by atoms with Crippen molar-refractivity contribution < 1.29 is 0 Å². The van der Waals surface area contributed by atoms with Crippen LogP contribution in [-0.4, -0.2) is 57.8 Å². The molecule has 1 unspecified atom stereocenters. The Balaban J connectivity index is 0.00000280. The van der Waals surface area contributed by atoms with E-state index in [1.165, 1.54) is 5.56 Å². The van der Waals surface area contributed by atoms with E-state index < -0.39 is 0 Å². The Morgan fingerprint density at radius 3 is 3.00 bits per heavy atom. The minimum Gasteiger partial charge on any atom is -0.357 e. The molecule has 1 aliphatic heterocycles. The van der Waals surface area contributed by atoms with Gasteiger partial charge in [-0.3, -0.25) is 9.89 Å². The Morgan fingerprint density at radius 1 is 1.36 bits per heavy atom. The normalized spacial score (nSPS) is 15.6. The number of fused-ring (bicyclic) bond motifs is 1. The third kappa shape index (κ3) is 6.15. The number of rotatable bonds is 8. The van der Waals surface area contributed by atoms with Crippen LogP contribution in [-0.2, 0) is 25.9 Å². The van der Waals surface area contributed by atoms with Crippen LogP contribution < -0.4 is 10.6 Å². The second kappa shape index (κ2) is 11.7. The molecule has 0 aliphatic carbocycles. The second-order valence-electron chi connectivity index (χ2n) is 6.88. The maximum Gasteiger partial charge on any atom is 0.191 e. The summed E-state index contributed by atoms with van der Waals surface area (Å²) in [4.78, 5) is 8.90. The Labute approximate surface area is 189 Å². The molecule has 2 aromatic heterocycles. The van der Waals surface area contributed by atoms with Gasteiger partial charge in [-0.25, -0.2) is 0 Å². The van der Waals surface area contributed by atoms with Crippen LogP contribution in [0.1, 0.15) is 37.0 Å². The highest BCUT2D eigenvalue weighted by molar-refractivity contribution is 14.0. The van der Waals surface area contributed by atoms with Gasteiger partial charge in [0.05, 0.1) is 6.54 Å². The summed E-state index contributed by atoms with van der Waals surface area (Å²) in [7, 11) is 0. The number of aryl methyl sites for hydroxylation is 1. The highest BCUT2D eigenvalue weighted by atomic mass is 127. The lowest BCUT2D eigenvalue weighted by molar-refractivity contribution is 0.197. The van der Waals surface area contributed by atoms with Crippen molar-refractivity contribution in [3.8, 4) is 0 Å². The largest absolute Gasteiger partial charge is 0.357 e. The molecule has 0 radical (unpaired) electrons. The lowest BCUT2D eigenvalue weighted by atomic mass is 10.1. The molecule has 28 heavy (non-hydrogen) atoms. The second-order valence-corrected chi connectivity index (χ2v) is 7.88. The van der Waals surface area contributed by atoms with Gasteiger partial charge < -0.3 is 15.2 Å². The van der Waals surface area contributed by atoms with E-state index in [-0.39, 0.29) is 24.0 Å². The zero-order valence-electron chi connectivity index (χ0n) is 17.0. The van der Waals surface area contributed by atoms with Gasteiger partial charge in [-0.15, -0.1) is 45.5 Å². The molecule has 0 amide bonds. The van der Waals surface area contributed by atoms with E-state index in [2.05, 4.69) is 62.5 Å². The molecule has 3 heterocycles. The number of thiophene rings is 1. The highest BCUT2D eigenvalue weighted by Gasteiger charge is 2.21. The predicted octanol–water partition coefficient (Wildman–Crippen LogP) is 2.52. The molecule has 0 bridgehead atoms. The molecule has 3 rings (SSSR count). The lowest BCUT2D eigenvalue weighted by Crippen LogP contribution is -2.42. The Kier molecular flexibility index (Phi) is 9.66. The van der Waals surface area contributed by atoms with Crippen molar-refractivity contribution >= 4 is 41.3 Å². The van der Waals surface area contributed by atoms with Crippen LogP contribution >= 0.6 is 35.3 Å². The third-order valence-corrected chi connectivity index (χ3v) is 6.00. The van der Waals surface area contributed by atoms with Gasteiger partial charge in [0.2, 0.25) is 0 Å². The summed E-state index contributed by atoms with van der Waals surface area (Å²) in [6.45, 7) is 11.9. The first-order chi connectivity index (χ1) is 13.2. The van der Waals surface area contributed by atoms with Crippen LogP contribution in [0.15, 0.2) is 22.8 Å². The van der Waals surface area contributed by atoms with Crippen LogP contribution in [0.3, 0.4) is 0 Å². The molecule has 1 atom stereocenters. The summed E-state index contributed by atoms with van der Waals surface area (Å²) in [5.74, 6) is 1.90. The molecular weight excluding hydrogens is 485 g/mol. The highest BCUT2D eigenvalue weighted by Crippen LogP contribution is 2.25. The van der Waals surface area contributed by atoms with Gasteiger partial charge in [0.25, 0.3) is 0 Å². The van der Waals surface area contributed by atoms with Gasteiger partial charge >= 0.3 is 0 Å². The first-order valence-electron chi connectivity index (χ1n) is 9.89. The molecule has 0 saturated carbocycles. The fourth-order valence-electron chi connectivity index (χ4n) is 3.36. The molecule has 7 nitrogen and oxygen atoms in total. The SMILES string of the molecule is CCNC(=NCC(C)N1CCc2sccc2C1)NCCn1cnnc1CC.I. The quantitative estimate of drug-likeness (QED) is 0.320. The van der Waals surface area contributed by atoms with E-state index in [1.54, 1.807) is 11.2 Å². The van der Waals surface area contributed by atoms with Crippen molar-refractivity contribution in [3.05, 3.63) is 34.0 Å². The third-order valence-electron chi connectivity index (χ3n) is 4.98. The number of nitrogens with one attached hydrogen (secondary N) is 2. The van der Waals surface area contributed by atoms with E-state index in [9.17, 15) is 0 Å². The van der Waals surface area contributed by atoms with Crippen LogP contribution in [0, 0.1) is 0 Å². The minimum absolute atomic E-state index is 0. The number of hydrogen-bond acceptors (Lipinski definition) is 5. The molecule has 1 aliphatic rings. The zero-order chi connectivity index (χ0) is 19.1. The molecular formula is C19H32IN7S. The maximum atomic E-state index is 4.81. The molecule has 156 valence electrons. The maximum absolute atomic E-state index is 4.81. The predicted molar refractivity (Wildman–Crippen MR) is 127 cm³/mol. The van der Waals surface area contributed by atoms with E-state index in [0.717, 1.165) is 63.9 Å². The van der Waals surface area contributed by atoms with E-state index in [1.807, 2.05) is 11.3 Å². The van der Waals surface area contributed by atoms with E-state index in [4.69, 9.17) is 4.99 Å². The van der Waals surface area contributed by atoms with E-state index >= 15 is 0 Å². The fourth-order valence-corrected chi connectivity index (χ4v) is 4.25. The number of nitrogens with zero attached hydrogens (tertiary/aromatic N) is 5. The average molecular weight is 517 g/mol. The number of guanidine groups is 1. The Hall–Kier alpha value is -1.20. The molecule has 0 spiro atoms. The molecule has 0 fully saturated rings. The average Bonchev–Trinajstić information content (AvgIpc) is 3.33. The minimum atomic E-state index is 0. The molecule has 0 saturated heterocycles. The van der Waals surface area contributed by atoms with Gasteiger partial charge in [-0.2, -0.15) is 0 Å². The Bertz CT molecular complexity index is 742. The van der Waals surface area contributed by atoms with Crippen molar-refractivity contribution in [1.29, 1.82) is 0 Å². The number of hydrogen-bond donors (Lipinski definition) is 2. The van der Waals surface area contributed by atoms with Gasteiger partial charge in [-0.1, -0.05) is 6.92 Å². The van der Waals surface area contributed by atoms with Gasteiger partial charge in [0.1, 0.15) is 12.2 Å². The zero-order valence-corrected chi connectivity index (χ0v) is 20.2. The van der Waals surface area contributed by atoms with Crippen LogP contribution in [0.4, 0.5) is 0 Å². The number of halogens is 1. The van der Waals surface area contributed by atoms with Crippen molar-refractivity contribution in [2.45, 2.75) is 52.7 Å². The van der Waals surface area contributed by atoms with Crippen molar-refractivity contribution in [1.82, 2.24) is 30.3 Å². The van der Waals surface area contributed by atoms with Crippen molar-refractivity contribution in [3.63, 3.8) is 0 Å². The topological polar surface area (TPSA) is 70.4 Å². The van der Waals surface area contributed by atoms with Gasteiger partial charge in [-0.05, 0) is 37.3 Å². The summed E-state index contributed by atoms with van der Waals surface area (Å²) >= 11 is 1.89. The van der Waals surface area contributed by atoms with Crippen LogP contribution in [0.25, 0.3) is 0 Å². The van der Waals surface area contributed by atoms with Crippen molar-refractivity contribution in [2.24, 2.45) is 4.99 Å². The monoisotopic (exact) mass is 517 g/mol. The van der Waals surface area contributed by atoms with Crippen LogP contribution in [0.5, 0.6) is 0 Å². The van der Waals surface area contributed by atoms with Crippen molar-refractivity contribution in [2.75, 3.05) is 26.2 Å².